The molecule has 20 heavy (non-hydrogen) atoms. The van der Waals surface area contributed by atoms with Crippen LogP contribution in [0.4, 0.5) is 5.95 Å². The number of nitrogens with zero attached hydrogens (tertiary/aromatic N) is 2. The second kappa shape index (κ2) is 4.90. The Morgan fingerprint density at radius 1 is 0.950 bits per heavy atom. The third-order valence-electron chi connectivity index (χ3n) is 3.35. The maximum absolute atomic E-state index is 9.61. The summed E-state index contributed by atoms with van der Waals surface area (Å²) in [5.74, 6) is 0.274. The largest absolute Gasteiger partial charge is 0.389 e. The van der Waals surface area contributed by atoms with E-state index in [1.54, 1.807) is 19.3 Å². The Balaban J connectivity index is 2.07. The number of rotatable bonds is 2. The topological polar surface area (TPSA) is 72.0 Å². The van der Waals surface area contributed by atoms with E-state index in [1.807, 2.05) is 30.3 Å². The first-order valence-corrected chi connectivity index (χ1v) is 6.43. The number of benzene rings is 2. The quantitative estimate of drug-likeness (QED) is 0.747. The van der Waals surface area contributed by atoms with Gasteiger partial charge in [-0.3, -0.25) is 0 Å². The third kappa shape index (κ3) is 2.33. The van der Waals surface area contributed by atoms with E-state index in [2.05, 4.69) is 16.0 Å². The summed E-state index contributed by atoms with van der Waals surface area (Å²) in [6, 6.07) is 12.1. The summed E-state index contributed by atoms with van der Waals surface area (Å²) in [4.78, 5) is 8.01. The first-order valence-electron chi connectivity index (χ1n) is 6.43. The maximum Gasteiger partial charge on any atom is 0.219 e. The van der Waals surface area contributed by atoms with Gasteiger partial charge in [0, 0.05) is 18.0 Å². The summed E-state index contributed by atoms with van der Waals surface area (Å²) in [7, 11) is 0. The molecule has 0 saturated heterocycles. The Kier molecular flexibility index (Phi) is 3.08. The van der Waals surface area contributed by atoms with Crippen molar-refractivity contribution in [1.82, 2.24) is 9.97 Å². The molecule has 3 rings (SSSR count). The van der Waals surface area contributed by atoms with Gasteiger partial charge in [0.15, 0.2) is 0 Å². The second-order valence-electron chi connectivity index (χ2n) is 4.83. The predicted octanol–water partition coefficient (Wildman–Crippen LogP) is 2.93. The molecule has 4 heteroatoms. The number of aliphatic hydroxyl groups is 1. The van der Waals surface area contributed by atoms with Crippen LogP contribution in [0.2, 0.25) is 0 Å². The van der Waals surface area contributed by atoms with Crippen LogP contribution in [0.15, 0.2) is 48.8 Å². The summed E-state index contributed by atoms with van der Waals surface area (Å²) < 4.78 is 0. The second-order valence-corrected chi connectivity index (χ2v) is 4.83. The Bertz CT molecular complexity index is 751. The SMILES string of the molecule is CC(O)c1ccc2cc(-c3cnc(N)nc3)ccc2c1. The molecule has 0 aliphatic heterocycles. The van der Waals surface area contributed by atoms with Crippen molar-refractivity contribution in [2.45, 2.75) is 13.0 Å². The molecule has 0 amide bonds. The van der Waals surface area contributed by atoms with Gasteiger partial charge < -0.3 is 10.8 Å². The van der Waals surface area contributed by atoms with E-state index in [1.165, 1.54) is 0 Å². The standard InChI is InChI=1S/C16H15N3O/c1-10(20)11-2-3-13-7-14(5-4-12(13)6-11)15-8-18-16(17)19-9-15/h2-10,20H,1H3,(H2,17,18,19). The van der Waals surface area contributed by atoms with Crippen LogP contribution in [0, 0.1) is 0 Å². The minimum atomic E-state index is -0.454. The number of anilines is 1. The van der Waals surface area contributed by atoms with E-state index in [9.17, 15) is 5.11 Å². The molecular formula is C16H15N3O. The van der Waals surface area contributed by atoms with Gasteiger partial charge in [0.05, 0.1) is 6.10 Å². The molecule has 2 aromatic carbocycles. The van der Waals surface area contributed by atoms with E-state index in [0.29, 0.717) is 0 Å². The fourth-order valence-electron chi connectivity index (χ4n) is 2.19. The van der Waals surface area contributed by atoms with Crippen molar-refractivity contribution in [3.63, 3.8) is 0 Å². The molecule has 1 unspecified atom stereocenters. The first kappa shape index (κ1) is 12.6. The molecule has 0 aliphatic carbocycles. The van der Waals surface area contributed by atoms with E-state index in [0.717, 1.165) is 27.5 Å². The Hall–Kier alpha value is -2.46. The molecule has 0 saturated carbocycles. The number of aliphatic hydroxyl groups excluding tert-OH is 1. The van der Waals surface area contributed by atoms with E-state index >= 15 is 0 Å². The minimum Gasteiger partial charge on any atom is -0.389 e. The highest BCUT2D eigenvalue weighted by atomic mass is 16.3. The molecule has 1 aromatic heterocycles. The van der Waals surface area contributed by atoms with Crippen molar-refractivity contribution in [3.05, 3.63) is 54.4 Å². The smallest absolute Gasteiger partial charge is 0.219 e. The van der Waals surface area contributed by atoms with Crippen molar-refractivity contribution >= 4 is 16.7 Å². The summed E-state index contributed by atoms with van der Waals surface area (Å²) in [6.07, 6.45) is 2.98. The monoisotopic (exact) mass is 265 g/mol. The van der Waals surface area contributed by atoms with E-state index in [4.69, 9.17) is 5.73 Å². The lowest BCUT2D eigenvalue weighted by Crippen LogP contribution is -1.93. The molecule has 4 nitrogen and oxygen atoms in total. The normalized spacial score (nSPS) is 12.5. The molecule has 0 spiro atoms. The van der Waals surface area contributed by atoms with Gasteiger partial charge in [-0.1, -0.05) is 24.3 Å². The van der Waals surface area contributed by atoms with Gasteiger partial charge in [-0.2, -0.15) is 0 Å². The third-order valence-corrected chi connectivity index (χ3v) is 3.35. The van der Waals surface area contributed by atoms with Crippen LogP contribution >= 0.6 is 0 Å². The fraction of sp³-hybridized carbons (Fsp3) is 0.125. The molecule has 1 heterocycles. The van der Waals surface area contributed by atoms with Crippen LogP contribution in [0.5, 0.6) is 0 Å². The van der Waals surface area contributed by atoms with Crippen molar-refractivity contribution in [2.24, 2.45) is 0 Å². The number of hydrogen-bond acceptors (Lipinski definition) is 4. The van der Waals surface area contributed by atoms with Crippen molar-refractivity contribution < 1.29 is 5.11 Å². The van der Waals surface area contributed by atoms with Crippen LogP contribution < -0.4 is 5.73 Å². The Morgan fingerprint density at radius 3 is 2.30 bits per heavy atom. The van der Waals surface area contributed by atoms with Crippen molar-refractivity contribution in [3.8, 4) is 11.1 Å². The van der Waals surface area contributed by atoms with Crippen molar-refractivity contribution in [1.29, 1.82) is 0 Å². The Morgan fingerprint density at radius 2 is 1.60 bits per heavy atom. The summed E-state index contributed by atoms with van der Waals surface area (Å²) in [6.45, 7) is 1.77. The number of fused-ring (bicyclic) bond motifs is 1. The van der Waals surface area contributed by atoms with Crippen LogP contribution in [-0.4, -0.2) is 15.1 Å². The van der Waals surface area contributed by atoms with Crippen LogP contribution in [-0.2, 0) is 0 Å². The number of hydrogen-bond donors (Lipinski definition) is 2. The zero-order valence-electron chi connectivity index (χ0n) is 11.1. The first-order chi connectivity index (χ1) is 9.63. The van der Waals surface area contributed by atoms with Gasteiger partial charge in [-0.25, -0.2) is 9.97 Å². The van der Waals surface area contributed by atoms with Crippen LogP contribution in [0.25, 0.3) is 21.9 Å². The zero-order chi connectivity index (χ0) is 14.1. The zero-order valence-corrected chi connectivity index (χ0v) is 11.1. The van der Waals surface area contributed by atoms with Gasteiger partial charge in [0.2, 0.25) is 5.95 Å². The Labute approximate surface area is 116 Å². The molecule has 100 valence electrons. The van der Waals surface area contributed by atoms with Gasteiger partial charge >= 0.3 is 0 Å². The molecule has 3 N–H and O–H groups in total. The van der Waals surface area contributed by atoms with Crippen LogP contribution in [0.3, 0.4) is 0 Å². The maximum atomic E-state index is 9.61. The molecule has 0 fully saturated rings. The predicted molar refractivity (Wildman–Crippen MR) is 80.0 cm³/mol. The average molecular weight is 265 g/mol. The molecule has 0 bridgehead atoms. The van der Waals surface area contributed by atoms with Crippen molar-refractivity contribution in [2.75, 3.05) is 5.73 Å². The average Bonchev–Trinajstić information content (AvgIpc) is 2.47. The highest BCUT2D eigenvalue weighted by molar-refractivity contribution is 5.87. The lowest BCUT2D eigenvalue weighted by Gasteiger charge is -2.08. The summed E-state index contributed by atoms with van der Waals surface area (Å²) in [5.41, 5.74) is 8.39. The number of nitrogen functional groups attached to an aromatic ring is 1. The summed E-state index contributed by atoms with van der Waals surface area (Å²) >= 11 is 0. The van der Waals surface area contributed by atoms with Gasteiger partial charge in [0.25, 0.3) is 0 Å². The molecular weight excluding hydrogens is 250 g/mol. The molecule has 0 aliphatic rings. The van der Waals surface area contributed by atoms with E-state index in [-0.39, 0.29) is 5.95 Å². The number of nitrogens with two attached hydrogens (primary N) is 1. The lowest BCUT2D eigenvalue weighted by atomic mass is 10.0. The number of aromatic nitrogens is 2. The summed E-state index contributed by atoms with van der Waals surface area (Å²) in [5, 5.41) is 11.8. The fourth-order valence-corrected chi connectivity index (χ4v) is 2.19. The van der Waals surface area contributed by atoms with Gasteiger partial charge in [-0.05, 0) is 41.0 Å². The van der Waals surface area contributed by atoms with Gasteiger partial charge in [0.1, 0.15) is 0 Å². The molecule has 0 radical (unpaired) electrons. The lowest BCUT2D eigenvalue weighted by molar-refractivity contribution is 0.199. The van der Waals surface area contributed by atoms with E-state index < -0.39 is 6.10 Å². The minimum absolute atomic E-state index is 0.274. The highest BCUT2D eigenvalue weighted by Gasteiger charge is 2.04. The van der Waals surface area contributed by atoms with Crippen LogP contribution in [0.1, 0.15) is 18.6 Å². The highest BCUT2D eigenvalue weighted by Crippen LogP contribution is 2.26. The molecule has 3 aromatic rings. The van der Waals surface area contributed by atoms with Gasteiger partial charge in [-0.15, -0.1) is 0 Å². The molecule has 1 atom stereocenters.